The largest absolute Gasteiger partial charge is 0.461 e. The van der Waals surface area contributed by atoms with E-state index < -0.39 is 0 Å². The van der Waals surface area contributed by atoms with E-state index in [1.54, 1.807) is 0 Å². The van der Waals surface area contributed by atoms with Crippen LogP contribution in [0.2, 0.25) is 0 Å². The van der Waals surface area contributed by atoms with Gasteiger partial charge in [0.25, 0.3) is 0 Å². The molecule has 0 unspecified atom stereocenters. The van der Waals surface area contributed by atoms with Gasteiger partial charge in [-0.3, -0.25) is 4.90 Å². The highest BCUT2D eigenvalue weighted by molar-refractivity contribution is 9.10. The van der Waals surface area contributed by atoms with Crippen LogP contribution in [0.5, 0.6) is 6.01 Å². The van der Waals surface area contributed by atoms with Gasteiger partial charge in [0.05, 0.1) is 27.9 Å². The second-order valence-corrected chi connectivity index (χ2v) is 13.5. The lowest BCUT2D eigenvalue weighted by atomic mass is 9.85. The Hall–Kier alpha value is -2.29. The molecule has 0 aliphatic carbocycles. The number of fused-ring (bicyclic) bond motifs is 5. The molecule has 210 valence electrons. The predicted molar refractivity (Wildman–Crippen MR) is 159 cm³/mol. The number of hydrogen-bond acceptors (Lipinski definition) is 6. The Kier molecular flexibility index (Phi) is 6.30. The Morgan fingerprint density at radius 1 is 1.02 bits per heavy atom. The molecular weight excluding hydrogens is 569 g/mol. The van der Waals surface area contributed by atoms with Gasteiger partial charge >= 0.3 is 6.01 Å². The van der Waals surface area contributed by atoms with Crippen LogP contribution in [0, 0.1) is 5.82 Å². The lowest BCUT2D eigenvalue weighted by molar-refractivity contribution is 0.107. The summed E-state index contributed by atoms with van der Waals surface area (Å²) in [6, 6.07) is 11.4. The van der Waals surface area contributed by atoms with Gasteiger partial charge in [-0.1, -0.05) is 18.2 Å². The minimum atomic E-state index is -0.231. The van der Waals surface area contributed by atoms with Gasteiger partial charge in [-0.05, 0) is 110 Å². The SMILES string of the molecule is Fc1ccc2cccc(N3CCc4c(nc(OCC56CCCN5CCC6)nc4[C@H]4C[C@H]5CC[C@@H](C4)N5)C3)c2c1Br. The third-order valence-corrected chi connectivity index (χ3v) is 11.2. The Bertz CT molecular complexity index is 1440. The molecule has 4 fully saturated rings. The summed E-state index contributed by atoms with van der Waals surface area (Å²) in [6.45, 7) is 4.60. The zero-order valence-corrected chi connectivity index (χ0v) is 24.6. The first-order chi connectivity index (χ1) is 19.6. The lowest BCUT2D eigenvalue weighted by Gasteiger charge is -2.35. The van der Waals surface area contributed by atoms with E-state index in [4.69, 9.17) is 14.7 Å². The Balaban J connectivity index is 1.15. The standard InChI is InChI=1S/C32H37BrFN5O/c33-29-25(34)9-6-20-4-1-5-27(28(20)29)38-15-10-24-26(18-38)36-31(40-19-32-11-2-13-39(32)14-3-12-32)37-30(24)21-16-22-7-8-23(17-21)35-22/h1,4-6,9,21-23,35H,2-3,7-8,10-19H2/t21-,22+,23-. The van der Waals surface area contributed by atoms with Crippen molar-refractivity contribution in [2.24, 2.45) is 0 Å². The molecule has 0 saturated carbocycles. The fraction of sp³-hybridized carbons (Fsp3) is 0.562. The number of hydrogen-bond donors (Lipinski definition) is 1. The van der Waals surface area contributed by atoms with Gasteiger partial charge in [-0.15, -0.1) is 0 Å². The first-order valence-corrected chi connectivity index (χ1v) is 16.0. The van der Waals surface area contributed by atoms with Crippen molar-refractivity contribution in [2.45, 2.75) is 87.9 Å². The number of halogens is 2. The van der Waals surface area contributed by atoms with Crippen LogP contribution in [0.1, 0.15) is 74.2 Å². The molecule has 0 amide bonds. The first kappa shape index (κ1) is 25.4. The number of ether oxygens (including phenoxy) is 1. The summed E-state index contributed by atoms with van der Waals surface area (Å²) in [5.41, 5.74) is 4.84. The van der Waals surface area contributed by atoms with Gasteiger partial charge in [0.2, 0.25) is 0 Å². The Morgan fingerprint density at radius 3 is 2.62 bits per heavy atom. The molecule has 4 saturated heterocycles. The van der Waals surface area contributed by atoms with Crippen molar-refractivity contribution in [1.82, 2.24) is 20.2 Å². The van der Waals surface area contributed by atoms with E-state index in [2.05, 4.69) is 43.2 Å². The minimum absolute atomic E-state index is 0.165. The van der Waals surface area contributed by atoms with E-state index >= 15 is 0 Å². The molecule has 6 heterocycles. The molecule has 40 heavy (non-hydrogen) atoms. The Morgan fingerprint density at radius 2 is 1.82 bits per heavy atom. The zero-order chi connectivity index (χ0) is 26.8. The molecule has 8 heteroatoms. The monoisotopic (exact) mass is 605 g/mol. The van der Waals surface area contributed by atoms with Crippen molar-refractivity contribution in [1.29, 1.82) is 0 Å². The molecule has 3 aromatic rings. The molecule has 0 spiro atoms. The smallest absolute Gasteiger partial charge is 0.316 e. The van der Waals surface area contributed by atoms with Gasteiger partial charge < -0.3 is 15.0 Å². The molecular formula is C32H37BrFN5O. The summed E-state index contributed by atoms with van der Waals surface area (Å²) in [4.78, 5) is 15.3. The van der Waals surface area contributed by atoms with Crippen LogP contribution < -0.4 is 15.0 Å². The van der Waals surface area contributed by atoms with Crippen LogP contribution in [0.4, 0.5) is 10.1 Å². The van der Waals surface area contributed by atoms with E-state index in [0.29, 0.717) is 41.6 Å². The Labute approximate surface area is 243 Å². The summed E-state index contributed by atoms with van der Waals surface area (Å²) in [5.74, 6) is 0.225. The number of aromatic nitrogens is 2. The quantitative estimate of drug-likeness (QED) is 0.379. The van der Waals surface area contributed by atoms with E-state index in [0.717, 1.165) is 48.0 Å². The van der Waals surface area contributed by atoms with Crippen molar-refractivity contribution in [3.8, 4) is 6.01 Å². The number of nitrogens with one attached hydrogen (secondary N) is 1. The highest BCUT2D eigenvalue weighted by Crippen LogP contribution is 2.42. The lowest BCUT2D eigenvalue weighted by Crippen LogP contribution is -2.43. The third-order valence-electron chi connectivity index (χ3n) is 10.5. The molecule has 0 radical (unpaired) electrons. The summed E-state index contributed by atoms with van der Waals surface area (Å²) in [5, 5.41) is 5.76. The molecule has 2 bridgehead atoms. The summed E-state index contributed by atoms with van der Waals surface area (Å²) < 4.78 is 21.7. The summed E-state index contributed by atoms with van der Waals surface area (Å²) in [6.07, 6.45) is 10.7. The van der Waals surface area contributed by atoms with Crippen LogP contribution in [-0.2, 0) is 13.0 Å². The fourth-order valence-electron chi connectivity index (χ4n) is 8.54. The fourth-order valence-corrected chi connectivity index (χ4v) is 9.10. The van der Waals surface area contributed by atoms with Crippen LogP contribution in [-0.4, -0.2) is 58.7 Å². The van der Waals surface area contributed by atoms with Crippen LogP contribution in [0.25, 0.3) is 10.8 Å². The van der Waals surface area contributed by atoms with Gasteiger partial charge in [0, 0.05) is 35.6 Å². The van der Waals surface area contributed by atoms with Crippen molar-refractivity contribution in [3.05, 3.63) is 57.6 Å². The van der Waals surface area contributed by atoms with Gasteiger partial charge in [-0.2, -0.15) is 9.97 Å². The second kappa shape index (κ2) is 9.92. The van der Waals surface area contributed by atoms with E-state index in [1.165, 1.54) is 68.9 Å². The number of benzene rings is 2. The summed E-state index contributed by atoms with van der Waals surface area (Å²) >= 11 is 3.54. The highest BCUT2D eigenvalue weighted by atomic mass is 79.9. The number of nitrogens with zero attached hydrogens (tertiary/aromatic N) is 4. The van der Waals surface area contributed by atoms with Crippen LogP contribution >= 0.6 is 15.9 Å². The van der Waals surface area contributed by atoms with Gasteiger partial charge in [-0.25, -0.2) is 4.39 Å². The average Bonchev–Trinajstić information content (AvgIpc) is 3.66. The number of piperidine rings is 1. The van der Waals surface area contributed by atoms with Crippen LogP contribution in [0.3, 0.4) is 0 Å². The van der Waals surface area contributed by atoms with Gasteiger partial charge in [0.15, 0.2) is 0 Å². The molecule has 3 atom stereocenters. The van der Waals surface area contributed by atoms with Crippen molar-refractivity contribution < 1.29 is 9.13 Å². The van der Waals surface area contributed by atoms with E-state index in [9.17, 15) is 4.39 Å². The summed E-state index contributed by atoms with van der Waals surface area (Å²) in [7, 11) is 0. The number of rotatable bonds is 5. The zero-order valence-electron chi connectivity index (χ0n) is 23.0. The average molecular weight is 607 g/mol. The second-order valence-electron chi connectivity index (χ2n) is 12.7. The normalized spacial score (nSPS) is 27.2. The molecule has 1 N–H and O–H groups in total. The highest BCUT2D eigenvalue weighted by Gasteiger charge is 2.45. The van der Waals surface area contributed by atoms with Crippen molar-refractivity contribution in [2.75, 3.05) is 31.1 Å². The van der Waals surface area contributed by atoms with E-state index in [-0.39, 0.29) is 11.4 Å². The third kappa shape index (κ3) is 4.24. The molecule has 8 rings (SSSR count). The number of anilines is 1. The molecule has 6 nitrogen and oxygen atoms in total. The van der Waals surface area contributed by atoms with Crippen molar-refractivity contribution in [3.63, 3.8) is 0 Å². The molecule has 2 aromatic carbocycles. The maximum atomic E-state index is 14.6. The maximum absolute atomic E-state index is 14.6. The molecule has 5 aliphatic heterocycles. The van der Waals surface area contributed by atoms with E-state index in [1.807, 2.05) is 12.1 Å². The molecule has 5 aliphatic rings. The minimum Gasteiger partial charge on any atom is -0.461 e. The first-order valence-electron chi connectivity index (χ1n) is 15.2. The maximum Gasteiger partial charge on any atom is 0.316 e. The topological polar surface area (TPSA) is 53.5 Å². The van der Waals surface area contributed by atoms with Crippen LogP contribution in [0.15, 0.2) is 34.8 Å². The van der Waals surface area contributed by atoms with Gasteiger partial charge in [0.1, 0.15) is 12.4 Å². The van der Waals surface area contributed by atoms with Crippen molar-refractivity contribution >= 4 is 32.4 Å². The predicted octanol–water partition coefficient (Wildman–Crippen LogP) is 6.10. The molecule has 1 aromatic heterocycles.